The lowest BCUT2D eigenvalue weighted by atomic mass is 9.74. The van der Waals surface area contributed by atoms with E-state index in [1.165, 1.54) is 24.8 Å². The topological polar surface area (TPSA) is 35.5 Å². The zero-order valence-electron chi connectivity index (χ0n) is 18.1. The molecule has 1 atom stereocenters. The molecule has 1 aliphatic rings. The van der Waals surface area contributed by atoms with Crippen molar-refractivity contribution in [2.75, 3.05) is 6.61 Å². The summed E-state index contributed by atoms with van der Waals surface area (Å²) in [6.07, 6.45) is 7.18. The summed E-state index contributed by atoms with van der Waals surface area (Å²) in [6, 6.07) is 8.11. The molecule has 0 N–H and O–H groups in total. The first-order chi connectivity index (χ1) is 12.7. The van der Waals surface area contributed by atoms with Gasteiger partial charge in [-0.05, 0) is 61.6 Å². The Morgan fingerprint density at radius 2 is 1.85 bits per heavy atom. The maximum absolute atomic E-state index is 12.4. The molecule has 0 radical (unpaired) electrons. The molecule has 0 bridgehead atoms. The van der Waals surface area contributed by atoms with Gasteiger partial charge in [-0.15, -0.1) is 0 Å². The largest absolute Gasteiger partial charge is 0.482 e. The third-order valence-corrected chi connectivity index (χ3v) is 6.76. The second kappa shape index (κ2) is 9.12. The highest BCUT2D eigenvalue weighted by molar-refractivity contribution is 5.71. The Labute approximate surface area is 167 Å². The second-order valence-electron chi connectivity index (χ2n) is 9.34. The van der Waals surface area contributed by atoms with Crippen molar-refractivity contribution >= 4 is 5.97 Å². The van der Waals surface area contributed by atoms with Gasteiger partial charge in [-0.1, -0.05) is 65.5 Å². The van der Waals surface area contributed by atoms with Gasteiger partial charge in [0.25, 0.3) is 0 Å². The summed E-state index contributed by atoms with van der Waals surface area (Å²) < 4.78 is 11.5. The van der Waals surface area contributed by atoms with Crippen molar-refractivity contribution in [2.24, 2.45) is 11.3 Å². The van der Waals surface area contributed by atoms with Crippen LogP contribution in [0.25, 0.3) is 0 Å². The summed E-state index contributed by atoms with van der Waals surface area (Å²) >= 11 is 0. The summed E-state index contributed by atoms with van der Waals surface area (Å²) in [5.74, 6) is 1.33. The van der Waals surface area contributed by atoms with E-state index in [0.29, 0.717) is 11.8 Å². The molecule has 2 rings (SSSR count). The molecule has 0 heterocycles. The minimum atomic E-state index is -0.414. The van der Waals surface area contributed by atoms with E-state index < -0.39 is 5.60 Å². The van der Waals surface area contributed by atoms with Crippen molar-refractivity contribution in [1.82, 2.24) is 0 Å². The number of benzene rings is 1. The molecule has 1 fully saturated rings. The highest BCUT2D eigenvalue weighted by Gasteiger charge is 2.34. The van der Waals surface area contributed by atoms with Crippen molar-refractivity contribution < 1.29 is 15.7 Å². The van der Waals surface area contributed by atoms with Crippen LogP contribution < -0.4 is 4.74 Å². The fourth-order valence-electron chi connectivity index (χ4n) is 3.98. The number of hydrogen-bond donors (Lipinski definition) is 0. The molecule has 0 aliphatic heterocycles. The fourth-order valence-corrected chi connectivity index (χ4v) is 3.98. The number of ether oxygens (including phenoxy) is 2. The monoisotopic (exact) mass is 376 g/mol. The Hall–Kier alpha value is -1.51. The van der Waals surface area contributed by atoms with E-state index >= 15 is 0 Å². The molecule has 0 saturated heterocycles. The van der Waals surface area contributed by atoms with Crippen molar-refractivity contribution in [1.29, 1.82) is 0 Å². The van der Waals surface area contributed by atoms with Gasteiger partial charge in [-0.2, -0.15) is 0 Å². The third-order valence-electron chi connectivity index (χ3n) is 6.76. The predicted molar refractivity (Wildman–Crippen MR) is 113 cm³/mol. The first-order valence-electron chi connectivity index (χ1n) is 10.6. The van der Waals surface area contributed by atoms with Crippen LogP contribution in [0.2, 0.25) is 0 Å². The van der Waals surface area contributed by atoms with Crippen molar-refractivity contribution in [3.05, 3.63) is 29.8 Å². The van der Waals surface area contributed by atoms with Crippen LogP contribution in [0.5, 0.6) is 5.75 Å². The summed E-state index contributed by atoms with van der Waals surface area (Å²) in [7, 11) is 0. The van der Waals surface area contributed by atoms with E-state index in [1.54, 1.807) is 0 Å². The highest BCUT2D eigenvalue weighted by Crippen LogP contribution is 2.39. The average Bonchev–Trinajstić information content (AvgIpc) is 2.66. The normalized spacial score (nSPS) is 17.4. The van der Waals surface area contributed by atoms with Gasteiger partial charge >= 0.3 is 5.97 Å². The molecule has 1 aliphatic carbocycles. The molecule has 1 aromatic carbocycles. The van der Waals surface area contributed by atoms with Crippen molar-refractivity contribution in [3.63, 3.8) is 0 Å². The van der Waals surface area contributed by atoms with Crippen LogP contribution in [0.1, 0.15) is 93.0 Å². The Morgan fingerprint density at radius 1 is 1.19 bits per heavy atom. The minimum absolute atomic E-state index is 0. The Morgan fingerprint density at radius 3 is 2.48 bits per heavy atom. The number of carbonyl (C=O) groups is 1. The van der Waals surface area contributed by atoms with E-state index in [-0.39, 0.29) is 19.4 Å². The first kappa shape index (κ1) is 21.8. The SMILES string of the molecule is CCC(C)(C)C(C)c1cccc(OCC(=O)OC(C)(C)C2CCCCC2)c1.[HH]. The zero-order chi connectivity index (χ0) is 20.1. The molecule has 0 aromatic heterocycles. The van der Waals surface area contributed by atoms with Gasteiger partial charge in [0.05, 0.1) is 0 Å². The molecule has 1 aromatic rings. The quantitative estimate of drug-likeness (QED) is 0.471. The first-order valence-corrected chi connectivity index (χ1v) is 10.6. The highest BCUT2D eigenvalue weighted by atomic mass is 16.6. The lowest BCUT2D eigenvalue weighted by Gasteiger charge is -2.36. The second-order valence-corrected chi connectivity index (χ2v) is 9.34. The molecule has 1 unspecified atom stereocenters. The Kier molecular flexibility index (Phi) is 7.36. The van der Waals surface area contributed by atoms with Crippen LogP contribution in [0.4, 0.5) is 0 Å². The minimum Gasteiger partial charge on any atom is -0.482 e. The molecule has 0 amide bonds. The Balaban J connectivity index is 0.00000392. The summed E-state index contributed by atoms with van der Waals surface area (Å²) in [5.41, 5.74) is 1.06. The number of rotatable bonds is 8. The van der Waals surface area contributed by atoms with Gasteiger partial charge in [0, 0.05) is 1.43 Å². The fraction of sp³-hybridized carbons (Fsp3) is 0.708. The summed E-state index contributed by atoms with van der Waals surface area (Å²) in [5, 5.41) is 0. The number of carbonyl (C=O) groups excluding carboxylic acids is 1. The van der Waals surface area contributed by atoms with Gasteiger partial charge < -0.3 is 9.47 Å². The van der Waals surface area contributed by atoms with E-state index in [1.807, 2.05) is 26.0 Å². The Bertz CT molecular complexity index is 618. The summed E-state index contributed by atoms with van der Waals surface area (Å²) in [6.45, 7) is 13.1. The van der Waals surface area contributed by atoms with Gasteiger partial charge in [0.15, 0.2) is 6.61 Å². The lowest BCUT2D eigenvalue weighted by Crippen LogP contribution is -2.39. The maximum atomic E-state index is 12.4. The van der Waals surface area contributed by atoms with E-state index in [0.717, 1.165) is 25.0 Å². The summed E-state index contributed by atoms with van der Waals surface area (Å²) in [4.78, 5) is 12.4. The molecule has 154 valence electrons. The van der Waals surface area contributed by atoms with Gasteiger partial charge in [-0.3, -0.25) is 0 Å². The number of esters is 1. The van der Waals surface area contributed by atoms with Gasteiger partial charge in [-0.25, -0.2) is 4.79 Å². The molecule has 1 saturated carbocycles. The van der Waals surface area contributed by atoms with E-state index in [9.17, 15) is 4.79 Å². The maximum Gasteiger partial charge on any atom is 0.344 e. The zero-order valence-corrected chi connectivity index (χ0v) is 18.1. The van der Waals surface area contributed by atoms with E-state index in [2.05, 4.69) is 39.8 Å². The van der Waals surface area contributed by atoms with Crippen molar-refractivity contribution in [2.45, 2.75) is 91.6 Å². The van der Waals surface area contributed by atoms with Crippen LogP contribution in [0.3, 0.4) is 0 Å². The van der Waals surface area contributed by atoms with Crippen LogP contribution in [0, 0.1) is 11.3 Å². The van der Waals surface area contributed by atoms with E-state index in [4.69, 9.17) is 9.47 Å². The van der Waals surface area contributed by atoms with Gasteiger partial charge in [0.2, 0.25) is 0 Å². The average molecular weight is 377 g/mol. The molecular formula is C24H40O3. The lowest BCUT2D eigenvalue weighted by molar-refractivity contribution is -0.165. The van der Waals surface area contributed by atoms with Crippen LogP contribution in [-0.4, -0.2) is 18.2 Å². The molecular weight excluding hydrogens is 336 g/mol. The van der Waals surface area contributed by atoms with Crippen molar-refractivity contribution in [3.8, 4) is 5.75 Å². The third kappa shape index (κ3) is 5.99. The predicted octanol–water partition coefficient (Wildman–Crippen LogP) is 6.75. The van der Waals surface area contributed by atoms with Crippen LogP contribution in [-0.2, 0) is 9.53 Å². The van der Waals surface area contributed by atoms with Gasteiger partial charge in [0.1, 0.15) is 11.4 Å². The van der Waals surface area contributed by atoms with Crippen LogP contribution in [0.15, 0.2) is 24.3 Å². The smallest absolute Gasteiger partial charge is 0.344 e. The van der Waals surface area contributed by atoms with Crippen LogP contribution >= 0.6 is 0 Å². The number of hydrogen-bond acceptors (Lipinski definition) is 3. The standard InChI is InChI=1S/C24H38O3.H2/c1-7-23(3,4)18(2)19-12-11-15-21(16-19)26-17-22(25)27-24(5,6)20-13-9-8-10-14-20;/h11-12,15-16,18,20H,7-10,13-14,17H2,1-6H3;1H. The molecule has 0 spiro atoms. The molecule has 3 nitrogen and oxygen atoms in total. The molecule has 27 heavy (non-hydrogen) atoms. The molecule has 3 heteroatoms.